The second-order valence-corrected chi connectivity index (χ2v) is 8.13. The van der Waals surface area contributed by atoms with E-state index in [0.717, 1.165) is 6.07 Å². The van der Waals surface area contributed by atoms with Crippen LogP contribution >= 0.6 is 11.6 Å². The Labute approximate surface area is 174 Å². The van der Waals surface area contributed by atoms with E-state index in [0.29, 0.717) is 18.0 Å². The summed E-state index contributed by atoms with van der Waals surface area (Å²) in [5, 5.41) is 5.07. The summed E-state index contributed by atoms with van der Waals surface area (Å²) >= 11 is 6.06. The van der Waals surface area contributed by atoms with E-state index in [1.165, 1.54) is 38.3 Å². The van der Waals surface area contributed by atoms with Crippen molar-refractivity contribution in [3.63, 3.8) is 0 Å². The zero-order valence-electron chi connectivity index (χ0n) is 16.2. The summed E-state index contributed by atoms with van der Waals surface area (Å²) in [6.07, 6.45) is 0. The highest BCUT2D eigenvalue weighted by Gasteiger charge is 2.22. The first-order valence-corrected chi connectivity index (χ1v) is 10.6. The fraction of sp³-hybridized carbons (Fsp3) is 0.263. The Hall–Kier alpha value is -2.78. The summed E-state index contributed by atoms with van der Waals surface area (Å²) < 4.78 is 32.9. The number of carbonyl (C=O) groups is 2. The normalized spacial score (nSPS) is 12.0. The smallest absolute Gasteiger partial charge is 0.263 e. The molecule has 156 valence electrons. The number of sulfonamides is 1. The number of hydrogen-bond acceptors (Lipinski definition) is 5. The van der Waals surface area contributed by atoms with Gasteiger partial charge < -0.3 is 15.4 Å². The molecule has 10 heteroatoms. The number of rotatable bonds is 8. The number of hydrogen-bond donors (Lipinski definition) is 3. The van der Waals surface area contributed by atoms with Gasteiger partial charge in [0, 0.05) is 17.8 Å². The van der Waals surface area contributed by atoms with Crippen molar-refractivity contribution in [1.82, 2.24) is 10.6 Å². The highest BCUT2D eigenvalue weighted by Crippen LogP contribution is 2.26. The molecular weight excluding hydrogens is 418 g/mol. The molecule has 29 heavy (non-hydrogen) atoms. The maximum Gasteiger partial charge on any atom is 0.263 e. The molecular formula is C19H22ClN3O5S. The number of ether oxygens (including phenoxy) is 1. The summed E-state index contributed by atoms with van der Waals surface area (Å²) in [7, 11) is -2.55. The van der Waals surface area contributed by atoms with Crippen LogP contribution in [0.3, 0.4) is 0 Å². The van der Waals surface area contributed by atoms with E-state index >= 15 is 0 Å². The first-order valence-electron chi connectivity index (χ1n) is 8.73. The lowest BCUT2D eigenvalue weighted by Gasteiger charge is -2.15. The highest BCUT2D eigenvalue weighted by molar-refractivity contribution is 7.92. The van der Waals surface area contributed by atoms with Crippen molar-refractivity contribution in [3.8, 4) is 5.75 Å². The molecule has 0 aliphatic heterocycles. The summed E-state index contributed by atoms with van der Waals surface area (Å²) in [4.78, 5) is 23.9. The maximum absolute atomic E-state index is 12.7. The first-order chi connectivity index (χ1) is 13.7. The van der Waals surface area contributed by atoms with Crippen molar-refractivity contribution < 1.29 is 22.7 Å². The molecule has 0 spiro atoms. The van der Waals surface area contributed by atoms with Gasteiger partial charge in [0.15, 0.2) is 0 Å². The quantitative estimate of drug-likeness (QED) is 0.584. The molecule has 0 aromatic heterocycles. The molecule has 0 radical (unpaired) electrons. The average Bonchev–Trinajstić information content (AvgIpc) is 2.68. The zero-order valence-corrected chi connectivity index (χ0v) is 17.7. The largest absolute Gasteiger partial charge is 0.497 e. The lowest BCUT2D eigenvalue weighted by molar-refractivity contribution is -0.122. The van der Waals surface area contributed by atoms with Crippen LogP contribution in [0.2, 0.25) is 5.02 Å². The van der Waals surface area contributed by atoms with Gasteiger partial charge in [-0.2, -0.15) is 0 Å². The number of benzene rings is 2. The molecule has 8 nitrogen and oxygen atoms in total. The average molecular weight is 440 g/mol. The van der Waals surface area contributed by atoms with Gasteiger partial charge >= 0.3 is 0 Å². The van der Waals surface area contributed by atoms with Gasteiger partial charge in [0.2, 0.25) is 5.91 Å². The lowest BCUT2D eigenvalue weighted by atomic mass is 10.2. The Balaban J connectivity index is 2.24. The molecule has 0 aliphatic carbocycles. The van der Waals surface area contributed by atoms with Crippen molar-refractivity contribution >= 4 is 39.1 Å². The number of carbonyl (C=O) groups excluding carboxylic acids is 2. The molecule has 3 N–H and O–H groups in total. The molecule has 1 atom stereocenters. The fourth-order valence-corrected chi connectivity index (χ4v) is 3.98. The third kappa shape index (κ3) is 5.85. The van der Waals surface area contributed by atoms with Gasteiger partial charge in [0.25, 0.3) is 15.9 Å². The van der Waals surface area contributed by atoms with Crippen LogP contribution in [0.5, 0.6) is 5.75 Å². The molecule has 0 fully saturated rings. The number of anilines is 1. The van der Waals surface area contributed by atoms with Crippen LogP contribution in [0, 0.1) is 0 Å². The van der Waals surface area contributed by atoms with Crippen molar-refractivity contribution in [2.75, 3.05) is 18.4 Å². The lowest BCUT2D eigenvalue weighted by Crippen LogP contribution is -2.44. The van der Waals surface area contributed by atoms with Crippen LogP contribution in [0.1, 0.15) is 24.2 Å². The van der Waals surface area contributed by atoms with Crippen LogP contribution in [-0.4, -0.2) is 39.9 Å². The molecule has 2 aromatic carbocycles. The van der Waals surface area contributed by atoms with Gasteiger partial charge in [-0.1, -0.05) is 11.6 Å². The molecule has 2 amide bonds. The van der Waals surface area contributed by atoms with Gasteiger partial charge in [0.05, 0.1) is 12.1 Å². The molecule has 0 saturated heterocycles. The van der Waals surface area contributed by atoms with Crippen LogP contribution in [0.25, 0.3) is 0 Å². The van der Waals surface area contributed by atoms with Crippen molar-refractivity contribution in [3.05, 3.63) is 53.1 Å². The number of nitrogens with one attached hydrogen (secondary N) is 3. The number of amides is 2. The summed E-state index contributed by atoms with van der Waals surface area (Å²) in [5.41, 5.74) is 0.363. The fourth-order valence-electron chi connectivity index (χ4n) is 2.39. The van der Waals surface area contributed by atoms with Crippen LogP contribution in [0.4, 0.5) is 5.69 Å². The summed E-state index contributed by atoms with van der Waals surface area (Å²) in [6.45, 7) is 3.72. The van der Waals surface area contributed by atoms with Crippen LogP contribution in [-0.2, 0) is 14.8 Å². The Morgan fingerprint density at radius 1 is 1.14 bits per heavy atom. The predicted molar refractivity (Wildman–Crippen MR) is 111 cm³/mol. The minimum Gasteiger partial charge on any atom is -0.497 e. The zero-order chi connectivity index (χ0) is 21.6. The van der Waals surface area contributed by atoms with Gasteiger partial charge in [-0.3, -0.25) is 14.3 Å². The third-order valence-electron chi connectivity index (χ3n) is 3.92. The highest BCUT2D eigenvalue weighted by atomic mass is 35.5. The Kier molecular flexibility index (Phi) is 7.46. The van der Waals surface area contributed by atoms with Crippen molar-refractivity contribution in [2.24, 2.45) is 0 Å². The monoisotopic (exact) mass is 439 g/mol. The third-order valence-corrected chi connectivity index (χ3v) is 5.78. The number of halogens is 1. The summed E-state index contributed by atoms with van der Waals surface area (Å²) in [6, 6.07) is 9.36. The Morgan fingerprint density at radius 2 is 1.79 bits per heavy atom. The van der Waals surface area contributed by atoms with E-state index in [-0.39, 0.29) is 21.4 Å². The van der Waals surface area contributed by atoms with E-state index in [1.54, 1.807) is 19.1 Å². The molecule has 2 aromatic rings. The topological polar surface area (TPSA) is 114 Å². The molecule has 0 heterocycles. The van der Waals surface area contributed by atoms with E-state index in [4.69, 9.17) is 16.3 Å². The van der Waals surface area contributed by atoms with E-state index in [2.05, 4.69) is 15.4 Å². The van der Waals surface area contributed by atoms with E-state index in [1.807, 2.05) is 0 Å². The van der Waals surface area contributed by atoms with E-state index < -0.39 is 22.0 Å². The molecule has 0 aliphatic rings. The molecule has 0 saturated carbocycles. The number of methoxy groups -OCH3 is 1. The second-order valence-electron chi connectivity index (χ2n) is 6.07. The van der Waals surface area contributed by atoms with Gasteiger partial charge in [-0.05, 0) is 56.3 Å². The molecule has 2 rings (SSSR count). The van der Waals surface area contributed by atoms with Gasteiger partial charge in [-0.15, -0.1) is 0 Å². The Morgan fingerprint density at radius 3 is 2.38 bits per heavy atom. The van der Waals surface area contributed by atoms with Crippen molar-refractivity contribution in [2.45, 2.75) is 24.8 Å². The van der Waals surface area contributed by atoms with E-state index in [9.17, 15) is 18.0 Å². The SMILES string of the molecule is CCNC(=O)C(C)NC(=O)c1ccc(Cl)c(S(=O)(=O)Nc2ccc(OC)cc2)c1. The first kappa shape index (κ1) is 22.5. The van der Waals surface area contributed by atoms with Gasteiger partial charge in [0.1, 0.15) is 16.7 Å². The van der Waals surface area contributed by atoms with Crippen LogP contribution < -0.4 is 20.1 Å². The summed E-state index contributed by atoms with van der Waals surface area (Å²) in [5.74, 6) is -0.365. The molecule has 0 bridgehead atoms. The second kappa shape index (κ2) is 9.62. The standard InChI is InChI=1S/C19H22ClN3O5S/c1-4-21-18(24)12(2)22-19(25)13-5-10-16(20)17(11-13)29(26,27)23-14-6-8-15(28-3)9-7-14/h5-12,23H,4H2,1-3H3,(H,21,24)(H,22,25). The predicted octanol–water partition coefficient (Wildman–Crippen LogP) is 2.40. The van der Waals surface area contributed by atoms with Gasteiger partial charge in [-0.25, -0.2) is 8.42 Å². The van der Waals surface area contributed by atoms with Crippen molar-refractivity contribution in [1.29, 1.82) is 0 Å². The molecule has 1 unspecified atom stereocenters. The Bertz CT molecular complexity index is 993. The maximum atomic E-state index is 12.7. The van der Waals surface area contributed by atoms with Crippen LogP contribution in [0.15, 0.2) is 47.4 Å². The minimum absolute atomic E-state index is 0.0423. The minimum atomic E-state index is -4.06. The number of likely N-dealkylation sites (N-methyl/N-ethyl adjacent to an activating group) is 1.